The first-order valence-corrected chi connectivity index (χ1v) is 14.4. The summed E-state index contributed by atoms with van der Waals surface area (Å²) in [6, 6.07) is 21.2. The maximum Gasteiger partial charge on any atom is 0.264 e. The fourth-order valence-electron chi connectivity index (χ4n) is 3.98. The highest BCUT2D eigenvalue weighted by molar-refractivity contribution is 7.92. The number of nitrogens with zero attached hydrogens (tertiary/aromatic N) is 2. The van der Waals surface area contributed by atoms with E-state index in [-0.39, 0.29) is 17.3 Å². The Morgan fingerprint density at radius 2 is 1.68 bits per heavy atom. The normalized spacial score (nSPS) is 12.0. The van der Waals surface area contributed by atoms with Crippen LogP contribution < -0.4 is 9.62 Å². The van der Waals surface area contributed by atoms with Gasteiger partial charge in [-0.15, -0.1) is 0 Å². The number of carbonyl (C=O) groups excluding carboxylic acids is 2. The second kappa shape index (κ2) is 13.4. The first-order chi connectivity index (χ1) is 18.1. The number of hydrogen-bond acceptors (Lipinski definition) is 4. The van der Waals surface area contributed by atoms with Gasteiger partial charge in [-0.3, -0.25) is 13.9 Å². The lowest BCUT2D eigenvalue weighted by Gasteiger charge is -2.32. The molecule has 0 saturated carbocycles. The van der Waals surface area contributed by atoms with E-state index in [9.17, 15) is 18.0 Å². The number of benzene rings is 3. The van der Waals surface area contributed by atoms with Crippen molar-refractivity contribution >= 4 is 39.1 Å². The van der Waals surface area contributed by atoms with Gasteiger partial charge in [-0.2, -0.15) is 0 Å². The van der Waals surface area contributed by atoms with Crippen molar-refractivity contribution in [3.05, 3.63) is 95.0 Å². The summed E-state index contributed by atoms with van der Waals surface area (Å²) in [6.45, 7) is 5.64. The first kappa shape index (κ1) is 29.2. The average Bonchev–Trinajstić information content (AvgIpc) is 2.90. The zero-order valence-electron chi connectivity index (χ0n) is 21.9. The van der Waals surface area contributed by atoms with Crippen LogP contribution in [0.1, 0.15) is 37.8 Å². The Bertz CT molecular complexity index is 1350. The minimum Gasteiger partial charge on any atom is -0.354 e. The summed E-state index contributed by atoms with van der Waals surface area (Å²) in [6.07, 6.45) is 1.74. The number of rotatable bonds is 12. The summed E-state index contributed by atoms with van der Waals surface area (Å²) in [5.41, 5.74) is 1.94. The van der Waals surface area contributed by atoms with Gasteiger partial charge in [0.2, 0.25) is 11.8 Å². The predicted octanol–water partition coefficient (Wildman–Crippen LogP) is 5.18. The van der Waals surface area contributed by atoms with E-state index in [1.54, 1.807) is 61.5 Å². The highest BCUT2D eigenvalue weighted by Gasteiger charge is 2.32. The van der Waals surface area contributed by atoms with Crippen molar-refractivity contribution in [2.45, 2.75) is 51.1 Å². The topological polar surface area (TPSA) is 86.8 Å². The van der Waals surface area contributed by atoms with Crippen molar-refractivity contribution in [3.8, 4) is 0 Å². The lowest BCUT2D eigenvalue weighted by Crippen LogP contribution is -2.51. The number of nitrogens with one attached hydrogen (secondary N) is 1. The maximum absolute atomic E-state index is 13.9. The number of aryl methyl sites for hydroxylation is 1. The molecule has 3 aromatic rings. The number of carbonyl (C=O) groups is 2. The molecule has 0 radical (unpaired) electrons. The van der Waals surface area contributed by atoms with Crippen LogP contribution in [0.5, 0.6) is 0 Å². The molecule has 0 aliphatic rings. The summed E-state index contributed by atoms with van der Waals surface area (Å²) >= 11 is 6.17. The lowest BCUT2D eigenvalue weighted by atomic mass is 10.1. The van der Waals surface area contributed by atoms with Gasteiger partial charge in [0.25, 0.3) is 10.0 Å². The number of halogens is 1. The molecule has 0 aromatic heterocycles. The van der Waals surface area contributed by atoms with Crippen LogP contribution in [0.25, 0.3) is 0 Å². The molecular weight excluding hydrogens is 522 g/mol. The molecule has 3 rings (SSSR count). The molecule has 3 aromatic carbocycles. The Balaban J connectivity index is 1.99. The Hall–Kier alpha value is -3.36. The Morgan fingerprint density at radius 3 is 2.34 bits per heavy atom. The monoisotopic (exact) mass is 555 g/mol. The minimum absolute atomic E-state index is 0.0704. The molecule has 9 heteroatoms. The van der Waals surface area contributed by atoms with Crippen LogP contribution in [0.3, 0.4) is 0 Å². The van der Waals surface area contributed by atoms with E-state index in [0.29, 0.717) is 17.3 Å². The van der Waals surface area contributed by atoms with Crippen LogP contribution in [0, 0.1) is 6.92 Å². The van der Waals surface area contributed by atoms with Crippen LogP contribution in [-0.4, -0.2) is 44.3 Å². The third-order valence-corrected chi connectivity index (χ3v) is 8.16. The predicted molar refractivity (Wildman–Crippen MR) is 152 cm³/mol. The molecule has 0 fully saturated rings. The molecule has 0 heterocycles. The van der Waals surface area contributed by atoms with Gasteiger partial charge in [-0.1, -0.05) is 67.4 Å². The zero-order chi connectivity index (χ0) is 27.7. The van der Waals surface area contributed by atoms with Gasteiger partial charge in [0, 0.05) is 18.1 Å². The third-order valence-electron chi connectivity index (χ3n) is 6.14. The van der Waals surface area contributed by atoms with Crippen molar-refractivity contribution in [2.24, 2.45) is 0 Å². The Labute approximate surface area is 230 Å². The van der Waals surface area contributed by atoms with Crippen LogP contribution >= 0.6 is 11.6 Å². The van der Waals surface area contributed by atoms with Gasteiger partial charge in [0.15, 0.2) is 0 Å². The molecule has 0 bridgehead atoms. The summed E-state index contributed by atoms with van der Waals surface area (Å²) in [7, 11) is -4.08. The van der Waals surface area contributed by atoms with E-state index in [1.807, 2.05) is 26.0 Å². The molecule has 0 aliphatic carbocycles. The quantitative estimate of drug-likeness (QED) is 0.312. The van der Waals surface area contributed by atoms with Gasteiger partial charge >= 0.3 is 0 Å². The largest absolute Gasteiger partial charge is 0.354 e. The van der Waals surface area contributed by atoms with Crippen molar-refractivity contribution in [3.63, 3.8) is 0 Å². The average molecular weight is 556 g/mol. The number of amides is 2. The molecule has 2 amide bonds. The summed E-state index contributed by atoms with van der Waals surface area (Å²) in [5.74, 6) is -0.814. The van der Waals surface area contributed by atoms with E-state index in [0.717, 1.165) is 28.3 Å². The van der Waals surface area contributed by atoms with Gasteiger partial charge in [0.05, 0.1) is 10.6 Å². The fourth-order valence-corrected chi connectivity index (χ4v) is 5.62. The van der Waals surface area contributed by atoms with Crippen molar-refractivity contribution in [2.75, 3.05) is 17.4 Å². The highest BCUT2D eigenvalue weighted by Crippen LogP contribution is 2.25. The molecule has 1 unspecified atom stereocenters. The lowest BCUT2D eigenvalue weighted by molar-refractivity contribution is -0.139. The molecule has 0 saturated heterocycles. The van der Waals surface area contributed by atoms with E-state index < -0.39 is 28.5 Å². The second-order valence-corrected chi connectivity index (χ2v) is 11.4. The Morgan fingerprint density at radius 1 is 0.974 bits per heavy atom. The van der Waals surface area contributed by atoms with Gasteiger partial charge in [0.1, 0.15) is 12.6 Å². The summed E-state index contributed by atoms with van der Waals surface area (Å²) in [4.78, 5) is 28.3. The summed E-state index contributed by atoms with van der Waals surface area (Å²) in [5, 5.41) is 3.38. The van der Waals surface area contributed by atoms with Crippen LogP contribution in [0.15, 0.2) is 83.8 Å². The number of hydrogen-bond donors (Lipinski definition) is 1. The van der Waals surface area contributed by atoms with E-state index in [1.165, 1.54) is 17.0 Å². The van der Waals surface area contributed by atoms with Crippen LogP contribution in [0.4, 0.5) is 5.69 Å². The van der Waals surface area contributed by atoms with E-state index >= 15 is 0 Å². The Kier molecular flexibility index (Phi) is 10.3. The number of unbranched alkanes of at least 4 members (excludes halogenated alkanes) is 1. The first-order valence-electron chi connectivity index (χ1n) is 12.6. The zero-order valence-corrected chi connectivity index (χ0v) is 23.5. The van der Waals surface area contributed by atoms with Gasteiger partial charge < -0.3 is 10.2 Å². The summed E-state index contributed by atoms with van der Waals surface area (Å²) < 4.78 is 28.6. The standard InChI is InChI=1S/C29H34ClN3O4S/c1-4-5-17-31-29(35)23(3)32(20-24-12-10-13-25(30)19-24)28(34)21-33(26-14-9-11-22(2)18-26)38(36,37)27-15-7-6-8-16-27/h6-16,18-19,23H,4-5,17,20-21H2,1-3H3,(H,31,35). The third kappa shape index (κ3) is 7.58. The van der Waals surface area contributed by atoms with Crippen molar-refractivity contribution in [1.29, 1.82) is 0 Å². The molecule has 0 spiro atoms. The molecule has 1 atom stereocenters. The minimum atomic E-state index is -4.08. The fraction of sp³-hybridized carbons (Fsp3) is 0.310. The van der Waals surface area contributed by atoms with Crippen molar-refractivity contribution < 1.29 is 18.0 Å². The van der Waals surface area contributed by atoms with Crippen LogP contribution in [0.2, 0.25) is 5.02 Å². The van der Waals surface area contributed by atoms with Crippen LogP contribution in [-0.2, 0) is 26.2 Å². The maximum atomic E-state index is 13.9. The van der Waals surface area contributed by atoms with E-state index in [2.05, 4.69) is 5.32 Å². The number of anilines is 1. The highest BCUT2D eigenvalue weighted by atomic mass is 35.5. The molecular formula is C29H34ClN3O4S. The van der Waals surface area contributed by atoms with Crippen molar-refractivity contribution in [1.82, 2.24) is 10.2 Å². The molecule has 38 heavy (non-hydrogen) atoms. The molecule has 202 valence electrons. The smallest absolute Gasteiger partial charge is 0.264 e. The molecule has 1 N–H and O–H groups in total. The van der Waals surface area contributed by atoms with Gasteiger partial charge in [-0.05, 0) is 67.8 Å². The van der Waals surface area contributed by atoms with Gasteiger partial charge in [-0.25, -0.2) is 8.42 Å². The molecule has 0 aliphatic heterocycles. The number of sulfonamides is 1. The second-order valence-electron chi connectivity index (χ2n) is 9.14. The molecule has 7 nitrogen and oxygen atoms in total. The SMILES string of the molecule is CCCCNC(=O)C(C)N(Cc1cccc(Cl)c1)C(=O)CN(c1cccc(C)c1)S(=O)(=O)c1ccccc1. The van der Waals surface area contributed by atoms with E-state index in [4.69, 9.17) is 11.6 Å².